The lowest BCUT2D eigenvalue weighted by molar-refractivity contribution is -0.135. The molecule has 3 aliphatic rings. The van der Waals surface area contributed by atoms with Crippen molar-refractivity contribution in [2.75, 3.05) is 31.1 Å². The number of nitrogens with zero attached hydrogens (tertiary/aromatic N) is 2. The van der Waals surface area contributed by atoms with Gasteiger partial charge >= 0.3 is 5.76 Å². The number of hydrogen-bond acceptors (Lipinski definition) is 6. The molecule has 1 aromatic heterocycles. The predicted octanol–water partition coefficient (Wildman–Crippen LogP) is 1.54. The molecule has 2 aromatic rings. The molecular weight excluding hydrogens is 372 g/mol. The minimum absolute atomic E-state index is 0.221. The van der Waals surface area contributed by atoms with Crippen molar-refractivity contribution in [1.82, 2.24) is 15.2 Å². The van der Waals surface area contributed by atoms with Crippen LogP contribution in [0.4, 0.5) is 5.69 Å². The molecule has 5 rings (SSSR count). The second-order valence-corrected chi connectivity index (χ2v) is 8.59. The highest BCUT2D eigenvalue weighted by Gasteiger charge is 2.36. The zero-order chi connectivity index (χ0) is 20.0. The number of anilines is 1. The van der Waals surface area contributed by atoms with Crippen molar-refractivity contribution in [2.24, 2.45) is 5.41 Å². The molecule has 0 saturated carbocycles. The van der Waals surface area contributed by atoms with Gasteiger partial charge in [0.2, 0.25) is 11.8 Å². The van der Waals surface area contributed by atoms with E-state index in [4.69, 9.17) is 4.42 Å². The summed E-state index contributed by atoms with van der Waals surface area (Å²) < 4.78 is 6.85. The summed E-state index contributed by atoms with van der Waals surface area (Å²) in [6.07, 6.45) is 5.41. The van der Waals surface area contributed by atoms with E-state index in [0.29, 0.717) is 22.9 Å². The number of piperidine rings is 3. The van der Waals surface area contributed by atoms with Crippen LogP contribution >= 0.6 is 0 Å². The molecule has 2 N–H and O–H groups in total. The molecule has 0 radical (unpaired) electrons. The lowest BCUT2D eigenvalue weighted by Gasteiger charge is -2.45. The third-order valence-corrected chi connectivity index (χ3v) is 6.97. The van der Waals surface area contributed by atoms with Crippen molar-refractivity contribution < 1.29 is 14.0 Å². The van der Waals surface area contributed by atoms with E-state index in [-0.39, 0.29) is 12.3 Å². The maximum atomic E-state index is 12.5. The SMILES string of the molecule is O=C1CCC(n2c(=O)oc3cc(N4CCC5(CCNCC5)CC4)ccc32)C(=O)N1. The van der Waals surface area contributed by atoms with E-state index in [9.17, 15) is 14.4 Å². The Kier molecular flexibility index (Phi) is 4.46. The van der Waals surface area contributed by atoms with Crippen molar-refractivity contribution in [3.8, 4) is 0 Å². The number of imide groups is 1. The highest BCUT2D eigenvalue weighted by molar-refractivity contribution is 6.00. The molecule has 2 amide bonds. The topological polar surface area (TPSA) is 96.6 Å². The van der Waals surface area contributed by atoms with Gasteiger partial charge in [-0.25, -0.2) is 4.79 Å². The summed E-state index contributed by atoms with van der Waals surface area (Å²) in [5.41, 5.74) is 2.61. The minimum atomic E-state index is -0.706. The second kappa shape index (κ2) is 7.02. The van der Waals surface area contributed by atoms with Gasteiger partial charge in [0.25, 0.3) is 0 Å². The molecule has 1 spiro atoms. The molecule has 8 heteroatoms. The molecule has 29 heavy (non-hydrogen) atoms. The molecule has 0 aliphatic carbocycles. The number of carbonyl (C=O) groups is 2. The van der Waals surface area contributed by atoms with Crippen LogP contribution < -0.4 is 21.3 Å². The molecule has 4 heterocycles. The van der Waals surface area contributed by atoms with Crippen molar-refractivity contribution in [1.29, 1.82) is 0 Å². The standard InChI is InChI=1S/C21H26N4O4/c26-18-4-3-16(19(27)23-18)25-15-2-1-14(13-17(15)29-20(25)28)24-11-7-21(8-12-24)5-9-22-10-6-21/h1-2,13,16,22H,3-12H2,(H,23,26,27). The largest absolute Gasteiger partial charge is 0.420 e. The van der Waals surface area contributed by atoms with E-state index in [1.165, 1.54) is 30.3 Å². The van der Waals surface area contributed by atoms with Crippen LogP contribution in [0.1, 0.15) is 44.6 Å². The highest BCUT2D eigenvalue weighted by atomic mass is 16.4. The summed E-state index contributed by atoms with van der Waals surface area (Å²) in [7, 11) is 0. The van der Waals surface area contributed by atoms with E-state index >= 15 is 0 Å². The summed E-state index contributed by atoms with van der Waals surface area (Å²) >= 11 is 0. The Hall–Kier alpha value is -2.61. The molecule has 8 nitrogen and oxygen atoms in total. The van der Waals surface area contributed by atoms with E-state index in [0.717, 1.165) is 31.9 Å². The summed E-state index contributed by atoms with van der Waals surface area (Å²) in [6.45, 7) is 4.24. The van der Waals surface area contributed by atoms with Crippen LogP contribution in [0.5, 0.6) is 0 Å². The van der Waals surface area contributed by atoms with Crippen molar-refractivity contribution in [3.63, 3.8) is 0 Å². The van der Waals surface area contributed by atoms with Gasteiger partial charge in [-0.05, 0) is 62.7 Å². The fourth-order valence-electron chi connectivity index (χ4n) is 5.14. The Morgan fingerprint density at radius 1 is 1.03 bits per heavy atom. The van der Waals surface area contributed by atoms with Crippen molar-refractivity contribution >= 4 is 28.6 Å². The third-order valence-electron chi connectivity index (χ3n) is 6.97. The smallest absolute Gasteiger partial charge is 0.408 e. The van der Waals surface area contributed by atoms with Crippen molar-refractivity contribution in [2.45, 2.75) is 44.6 Å². The Bertz CT molecular complexity index is 1010. The molecule has 1 atom stereocenters. The van der Waals surface area contributed by atoms with Crippen LogP contribution in [0.2, 0.25) is 0 Å². The zero-order valence-electron chi connectivity index (χ0n) is 16.4. The third kappa shape index (κ3) is 3.25. The van der Waals surface area contributed by atoms with Crippen LogP contribution in [0.3, 0.4) is 0 Å². The normalized spacial score (nSPS) is 24.8. The quantitative estimate of drug-likeness (QED) is 0.745. The van der Waals surface area contributed by atoms with Gasteiger partial charge in [0.15, 0.2) is 5.58 Å². The molecule has 3 fully saturated rings. The van der Waals surface area contributed by atoms with Crippen LogP contribution in [0, 0.1) is 5.41 Å². The monoisotopic (exact) mass is 398 g/mol. The van der Waals surface area contributed by atoms with Gasteiger partial charge in [0.1, 0.15) is 6.04 Å². The van der Waals surface area contributed by atoms with E-state index in [1.54, 1.807) is 0 Å². The minimum Gasteiger partial charge on any atom is -0.408 e. The number of hydrogen-bond donors (Lipinski definition) is 2. The predicted molar refractivity (Wildman–Crippen MR) is 108 cm³/mol. The van der Waals surface area contributed by atoms with Crippen molar-refractivity contribution in [3.05, 3.63) is 28.7 Å². The zero-order valence-corrected chi connectivity index (χ0v) is 16.4. The molecule has 1 unspecified atom stereocenters. The number of carbonyl (C=O) groups excluding carboxylic acids is 2. The molecule has 1 aromatic carbocycles. The number of oxazole rings is 1. The lowest BCUT2D eigenvalue weighted by Crippen LogP contribution is -2.45. The Morgan fingerprint density at radius 2 is 1.79 bits per heavy atom. The maximum Gasteiger partial charge on any atom is 0.420 e. The fraction of sp³-hybridized carbons (Fsp3) is 0.571. The van der Waals surface area contributed by atoms with E-state index < -0.39 is 17.7 Å². The van der Waals surface area contributed by atoms with Crippen LogP contribution in [-0.2, 0) is 9.59 Å². The number of aromatic nitrogens is 1. The number of fused-ring (bicyclic) bond motifs is 1. The first-order valence-electron chi connectivity index (χ1n) is 10.5. The Morgan fingerprint density at radius 3 is 2.52 bits per heavy atom. The number of rotatable bonds is 2. The van der Waals surface area contributed by atoms with Crippen LogP contribution in [0.15, 0.2) is 27.4 Å². The summed E-state index contributed by atoms with van der Waals surface area (Å²) in [6, 6.07) is 5.05. The number of nitrogens with one attached hydrogen (secondary N) is 2. The molecular formula is C21H26N4O4. The van der Waals surface area contributed by atoms with Gasteiger partial charge < -0.3 is 14.6 Å². The van der Waals surface area contributed by atoms with E-state index in [2.05, 4.69) is 15.5 Å². The van der Waals surface area contributed by atoms with Gasteiger partial charge in [-0.15, -0.1) is 0 Å². The van der Waals surface area contributed by atoms with Gasteiger partial charge in [-0.1, -0.05) is 0 Å². The Balaban J connectivity index is 1.39. The fourth-order valence-corrected chi connectivity index (χ4v) is 5.14. The maximum absolute atomic E-state index is 12.5. The first-order chi connectivity index (χ1) is 14.0. The highest BCUT2D eigenvalue weighted by Crippen LogP contribution is 2.40. The van der Waals surface area contributed by atoms with E-state index in [1.807, 2.05) is 18.2 Å². The average Bonchev–Trinajstić information content (AvgIpc) is 3.04. The molecule has 0 bridgehead atoms. The molecule has 3 aliphatic heterocycles. The first-order valence-corrected chi connectivity index (χ1v) is 10.5. The molecule has 154 valence electrons. The van der Waals surface area contributed by atoms with Gasteiger partial charge in [0, 0.05) is 31.3 Å². The average molecular weight is 398 g/mol. The summed E-state index contributed by atoms with van der Waals surface area (Å²) in [5, 5.41) is 5.76. The summed E-state index contributed by atoms with van der Waals surface area (Å²) in [4.78, 5) is 38.5. The number of amides is 2. The lowest BCUT2D eigenvalue weighted by atomic mass is 9.71. The van der Waals surface area contributed by atoms with Crippen LogP contribution in [-0.4, -0.2) is 42.6 Å². The summed E-state index contributed by atoms with van der Waals surface area (Å²) in [5.74, 6) is -1.30. The number of benzene rings is 1. The molecule has 3 saturated heterocycles. The van der Waals surface area contributed by atoms with Crippen LogP contribution in [0.25, 0.3) is 11.1 Å². The van der Waals surface area contributed by atoms with Gasteiger partial charge in [-0.3, -0.25) is 19.5 Å². The Labute approximate surface area is 168 Å². The second-order valence-electron chi connectivity index (χ2n) is 8.59. The first kappa shape index (κ1) is 18.4. The van der Waals surface area contributed by atoms with Gasteiger partial charge in [0.05, 0.1) is 5.52 Å². The van der Waals surface area contributed by atoms with Gasteiger partial charge in [-0.2, -0.15) is 0 Å².